The quantitative estimate of drug-likeness (QED) is 0.809. The van der Waals surface area contributed by atoms with Crippen LogP contribution < -0.4 is 4.74 Å². The Morgan fingerprint density at radius 2 is 1.74 bits per heavy atom. The predicted octanol–water partition coefficient (Wildman–Crippen LogP) is 2.14. The number of imidazole rings is 1. The topological polar surface area (TPSA) is 67.7 Å². The van der Waals surface area contributed by atoms with Crippen LogP contribution in [0.4, 0.5) is 0 Å². The minimum absolute atomic E-state index is 0.00726. The molecule has 1 aromatic carbocycles. The Kier molecular flexibility index (Phi) is 5.78. The van der Waals surface area contributed by atoms with Crippen molar-refractivity contribution in [3.8, 4) is 5.75 Å². The van der Waals surface area contributed by atoms with E-state index in [0.717, 1.165) is 11.6 Å². The van der Waals surface area contributed by atoms with E-state index in [1.54, 1.807) is 42.5 Å². The van der Waals surface area contributed by atoms with Gasteiger partial charge in [-0.15, -0.1) is 0 Å². The predicted molar refractivity (Wildman–Crippen MR) is 102 cm³/mol. The van der Waals surface area contributed by atoms with Gasteiger partial charge in [-0.05, 0) is 38.1 Å². The zero-order chi connectivity index (χ0) is 19.4. The van der Waals surface area contributed by atoms with Gasteiger partial charge >= 0.3 is 0 Å². The summed E-state index contributed by atoms with van der Waals surface area (Å²) in [4.78, 5) is 33.1. The first-order valence-electron chi connectivity index (χ1n) is 9.20. The summed E-state index contributed by atoms with van der Waals surface area (Å²) in [5.74, 6) is 1.74. The molecule has 2 aromatic rings. The summed E-state index contributed by atoms with van der Waals surface area (Å²) >= 11 is 0. The molecule has 0 bridgehead atoms. The first-order valence-corrected chi connectivity index (χ1v) is 9.20. The molecule has 7 heteroatoms. The van der Waals surface area contributed by atoms with Gasteiger partial charge in [-0.2, -0.15) is 0 Å². The number of hydrogen-bond donors (Lipinski definition) is 0. The summed E-state index contributed by atoms with van der Waals surface area (Å²) < 4.78 is 7.14. The van der Waals surface area contributed by atoms with Crippen LogP contribution in [0.1, 0.15) is 35.6 Å². The Morgan fingerprint density at radius 3 is 2.30 bits per heavy atom. The largest absolute Gasteiger partial charge is 0.497 e. The van der Waals surface area contributed by atoms with Gasteiger partial charge in [0.1, 0.15) is 11.6 Å². The summed E-state index contributed by atoms with van der Waals surface area (Å²) in [6, 6.07) is 7.18. The van der Waals surface area contributed by atoms with Gasteiger partial charge < -0.3 is 19.1 Å². The van der Waals surface area contributed by atoms with Crippen LogP contribution >= 0.6 is 0 Å². The monoisotopic (exact) mass is 370 g/mol. The van der Waals surface area contributed by atoms with Crippen molar-refractivity contribution in [2.24, 2.45) is 0 Å². The molecule has 2 heterocycles. The summed E-state index contributed by atoms with van der Waals surface area (Å²) in [6.45, 7) is 6.19. The second kappa shape index (κ2) is 8.24. The molecule has 1 aliphatic rings. The molecule has 0 spiro atoms. The average molecular weight is 370 g/mol. The lowest BCUT2D eigenvalue weighted by atomic mass is 10.1. The first kappa shape index (κ1) is 18.9. The molecule has 0 aliphatic carbocycles. The van der Waals surface area contributed by atoms with Gasteiger partial charge in [0, 0.05) is 56.6 Å². The summed E-state index contributed by atoms with van der Waals surface area (Å²) in [5, 5.41) is 0. The van der Waals surface area contributed by atoms with Gasteiger partial charge in [0.2, 0.25) is 5.91 Å². The summed E-state index contributed by atoms with van der Waals surface area (Å²) in [6.07, 6.45) is 4.09. The van der Waals surface area contributed by atoms with E-state index in [9.17, 15) is 9.59 Å². The van der Waals surface area contributed by atoms with Gasteiger partial charge in [-0.1, -0.05) is 0 Å². The maximum atomic E-state index is 12.6. The number of aromatic nitrogens is 2. The van der Waals surface area contributed by atoms with Crippen molar-refractivity contribution in [1.29, 1.82) is 0 Å². The van der Waals surface area contributed by atoms with E-state index in [1.807, 2.05) is 29.5 Å². The molecule has 0 saturated carbocycles. The van der Waals surface area contributed by atoms with E-state index in [4.69, 9.17) is 4.74 Å². The van der Waals surface area contributed by atoms with E-state index in [1.165, 1.54) is 0 Å². The number of benzene rings is 1. The number of carbonyl (C=O) groups excluding carboxylic acids is 2. The average Bonchev–Trinajstić information content (AvgIpc) is 3.13. The van der Waals surface area contributed by atoms with Crippen molar-refractivity contribution < 1.29 is 14.3 Å². The highest BCUT2D eigenvalue weighted by Crippen LogP contribution is 2.17. The molecule has 0 N–H and O–H groups in total. The molecule has 1 aliphatic heterocycles. The minimum Gasteiger partial charge on any atom is -0.497 e. The van der Waals surface area contributed by atoms with Crippen LogP contribution in [0.5, 0.6) is 5.75 Å². The minimum atomic E-state index is -0.00726. The van der Waals surface area contributed by atoms with Crippen LogP contribution in [-0.2, 0) is 4.79 Å². The van der Waals surface area contributed by atoms with Crippen LogP contribution in [0.3, 0.4) is 0 Å². The number of ether oxygens (including phenoxy) is 1. The molecule has 1 fully saturated rings. The number of amides is 2. The normalized spacial score (nSPS) is 15.5. The fourth-order valence-corrected chi connectivity index (χ4v) is 3.41. The molecule has 144 valence electrons. The van der Waals surface area contributed by atoms with Gasteiger partial charge in [-0.3, -0.25) is 9.59 Å². The highest BCUT2D eigenvalue weighted by molar-refractivity contribution is 5.94. The van der Waals surface area contributed by atoms with E-state index >= 15 is 0 Å². The van der Waals surface area contributed by atoms with Crippen LogP contribution in [0, 0.1) is 6.92 Å². The van der Waals surface area contributed by atoms with Crippen molar-refractivity contribution >= 4 is 11.8 Å². The highest BCUT2D eigenvalue weighted by atomic mass is 16.5. The van der Waals surface area contributed by atoms with Crippen LogP contribution in [0.25, 0.3) is 0 Å². The van der Waals surface area contributed by atoms with Crippen molar-refractivity contribution in [3.05, 3.63) is 48.0 Å². The Hall–Kier alpha value is -2.83. The lowest BCUT2D eigenvalue weighted by molar-refractivity contribution is -0.133. The molecule has 2 amide bonds. The second-order valence-electron chi connectivity index (χ2n) is 6.84. The number of nitrogens with zero attached hydrogens (tertiary/aromatic N) is 4. The molecule has 1 atom stereocenters. The molecule has 0 radical (unpaired) electrons. The van der Waals surface area contributed by atoms with Crippen molar-refractivity contribution in [2.75, 3.05) is 33.3 Å². The Bertz CT molecular complexity index is 792. The standard InChI is InChI=1S/C20H26N4O3/c1-15(24-9-8-21-16(24)2)14-19(25)22-10-12-23(13-11-22)20(26)17-4-6-18(27-3)7-5-17/h4-9,15H,10-14H2,1-3H3/t15-/m0/s1. The summed E-state index contributed by atoms with van der Waals surface area (Å²) in [5.41, 5.74) is 0.639. The Labute approximate surface area is 159 Å². The maximum absolute atomic E-state index is 12.6. The Balaban J connectivity index is 1.52. The fraction of sp³-hybridized carbons (Fsp3) is 0.450. The molecule has 0 unspecified atom stereocenters. The number of carbonyl (C=O) groups is 2. The zero-order valence-corrected chi connectivity index (χ0v) is 16.1. The third kappa shape index (κ3) is 4.30. The number of piperazine rings is 1. The van der Waals surface area contributed by atoms with Crippen LogP contribution in [0.15, 0.2) is 36.7 Å². The van der Waals surface area contributed by atoms with E-state index in [-0.39, 0.29) is 17.9 Å². The molecule has 1 aromatic heterocycles. The third-order valence-corrected chi connectivity index (χ3v) is 5.06. The fourth-order valence-electron chi connectivity index (χ4n) is 3.41. The first-order chi connectivity index (χ1) is 13.0. The van der Waals surface area contributed by atoms with Crippen LogP contribution in [0.2, 0.25) is 0 Å². The lowest BCUT2D eigenvalue weighted by Gasteiger charge is -2.35. The van der Waals surface area contributed by atoms with Crippen molar-refractivity contribution in [3.63, 3.8) is 0 Å². The van der Waals surface area contributed by atoms with Gasteiger partial charge in [0.25, 0.3) is 5.91 Å². The van der Waals surface area contributed by atoms with E-state index < -0.39 is 0 Å². The zero-order valence-electron chi connectivity index (χ0n) is 16.1. The summed E-state index contributed by atoms with van der Waals surface area (Å²) in [7, 11) is 1.60. The Morgan fingerprint density at radius 1 is 1.11 bits per heavy atom. The van der Waals surface area contributed by atoms with Crippen molar-refractivity contribution in [1.82, 2.24) is 19.4 Å². The number of hydrogen-bond acceptors (Lipinski definition) is 4. The van der Waals surface area contributed by atoms with Crippen LogP contribution in [-0.4, -0.2) is 64.5 Å². The lowest BCUT2D eigenvalue weighted by Crippen LogP contribution is -2.50. The SMILES string of the molecule is COc1ccc(C(=O)N2CCN(C(=O)C[C@H](C)n3ccnc3C)CC2)cc1. The molecule has 1 saturated heterocycles. The molecule has 7 nitrogen and oxygen atoms in total. The van der Waals surface area contributed by atoms with E-state index in [2.05, 4.69) is 4.98 Å². The van der Waals surface area contributed by atoms with E-state index in [0.29, 0.717) is 38.2 Å². The van der Waals surface area contributed by atoms with Gasteiger partial charge in [0.05, 0.1) is 7.11 Å². The van der Waals surface area contributed by atoms with Crippen molar-refractivity contribution in [2.45, 2.75) is 26.3 Å². The maximum Gasteiger partial charge on any atom is 0.253 e. The molecule has 3 rings (SSSR count). The number of aryl methyl sites for hydroxylation is 1. The molecular formula is C20H26N4O3. The second-order valence-corrected chi connectivity index (χ2v) is 6.84. The molecular weight excluding hydrogens is 344 g/mol. The third-order valence-electron chi connectivity index (χ3n) is 5.06. The molecule has 27 heavy (non-hydrogen) atoms. The highest BCUT2D eigenvalue weighted by Gasteiger charge is 2.26. The van der Waals surface area contributed by atoms with Gasteiger partial charge in [0.15, 0.2) is 0 Å². The number of rotatable bonds is 5. The van der Waals surface area contributed by atoms with Gasteiger partial charge in [-0.25, -0.2) is 4.98 Å². The smallest absolute Gasteiger partial charge is 0.253 e. The number of methoxy groups -OCH3 is 1.